The molecule has 0 saturated carbocycles. The molecule has 15 heteroatoms. The summed E-state index contributed by atoms with van der Waals surface area (Å²) < 4.78 is 33.3. The molecule has 2 aliphatic rings. The molecule has 0 bridgehead atoms. The first-order valence-electron chi connectivity index (χ1n) is 23.4. The van der Waals surface area contributed by atoms with Crippen LogP contribution in [0.15, 0.2) is 24.3 Å². The Labute approximate surface area is 364 Å². The van der Waals surface area contributed by atoms with Crippen LogP contribution in [0, 0.1) is 0 Å². The van der Waals surface area contributed by atoms with Gasteiger partial charge < -0.3 is 64.2 Å². The highest BCUT2D eigenvalue weighted by Crippen LogP contribution is 2.26. The van der Waals surface area contributed by atoms with Crippen molar-refractivity contribution in [1.82, 2.24) is 0 Å². The van der Waals surface area contributed by atoms with Gasteiger partial charge in [-0.25, -0.2) is 0 Å². The second-order valence-electron chi connectivity index (χ2n) is 16.6. The Morgan fingerprint density at radius 1 is 0.525 bits per heavy atom. The number of ether oxygens (including phenoxy) is 6. The van der Waals surface area contributed by atoms with Gasteiger partial charge in [0.25, 0.3) is 0 Å². The Hall–Kier alpha value is -2.02. The molecule has 11 atom stereocenters. The standard InChI is InChI=1S/C46H82O15/c1-3-5-7-9-11-13-14-15-16-17-18-19-20-21-23-24-26-28-37(48)56-31-34(59-38(49)29-27-25-22-12-10-8-6-4-2)32-57-45-44(55)42(53)40(51)36(61-45)33-58-46-43(54)41(52)39(50)35(30-47)60-46/h18-19,21,23,34-36,39-47,50-55H,3-17,20,22,24-33H2,1-2H3/b19-18+,23-21+/t34-,35+,36+,39-,40-,41?,42?,43?,44?,45+,46+/m0/s1. The molecule has 0 aromatic rings. The van der Waals surface area contributed by atoms with E-state index in [-0.39, 0.29) is 19.4 Å². The van der Waals surface area contributed by atoms with Crippen molar-refractivity contribution in [2.75, 3.05) is 26.4 Å². The molecule has 2 aliphatic heterocycles. The first-order valence-corrected chi connectivity index (χ1v) is 23.4. The van der Waals surface area contributed by atoms with Gasteiger partial charge in [0.15, 0.2) is 18.7 Å². The number of aliphatic hydroxyl groups is 7. The molecular formula is C46H82O15. The number of aliphatic hydroxyl groups excluding tert-OH is 7. The van der Waals surface area contributed by atoms with Crippen LogP contribution in [-0.2, 0) is 38.0 Å². The van der Waals surface area contributed by atoms with Crippen LogP contribution in [0.2, 0.25) is 0 Å². The summed E-state index contributed by atoms with van der Waals surface area (Å²) in [4.78, 5) is 25.5. The summed E-state index contributed by atoms with van der Waals surface area (Å²) in [7, 11) is 0. The number of esters is 2. The number of carbonyl (C=O) groups excluding carboxylic acids is 2. The smallest absolute Gasteiger partial charge is 0.306 e. The normalized spacial score (nSPS) is 27.5. The predicted octanol–water partition coefficient (Wildman–Crippen LogP) is 5.21. The van der Waals surface area contributed by atoms with Crippen LogP contribution in [0.4, 0.5) is 0 Å². The van der Waals surface area contributed by atoms with Crippen LogP contribution in [0.5, 0.6) is 0 Å². The molecule has 2 saturated heterocycles. The molecule has 0 radical (unpaired) electrons. The lowest BCUT2D eigenvalue weighted by molar-refractivity contribution is -0.332. The number of unbranched alkanes of at least 4 members (excludes halogenated alkanes) is 17. The van der Waals surface area contributed by atoms with Gasteiger partial charge in [-0.3, -0.25) is 9.59 Å². The van der Waals surface area contributed by atoms with Crippen molar-refractivity contribution in [3.8, 4) is 0 Å². The van der Waals surface area contributed by atoms with Gasteiger partial charge in [0, 0.05) is 12.8 Å². The fraction of sp³-hybridized carbons (Fsp3) is 0.870. The highest BCUT2D eigenvalue weighted by Gasteiger charge is 2.47. The van der Waals surface area contributed by atoms with Crippen LogP contribution < -0.4 is 0 Å². The van der Waals surface area contributed by atoms with Crippen LogP contribution >= 0.6 is 0 Å². The van der Waals surface area contributed by atoms with E-state index in [1.165, 1.54) is 77.0 Å². The average Bonchev–Trinajstić information content (AvgIpc) is 3.25. The van der Waals surface area contributed by atoms with E-state index in [2.05, 4.69) is 32.1 Å². The van der Waals surface area contributed by atoms with Crippen molar-refractivity contribution < 1.29 is 73.8 Å². The molecular weight excluding hydrogens is 792 g/mol. The van der Waals surface area contributed by atoms with E-state index < -0.39 is 99.3 Å². The third kappa shape index (κ3) is 23.5. The van der Waals surface area contributed by atoms with Gasteiger partial charge >= 0.3 is 11.9 Å². The van der Waals surface area contributed by atoms with Gasteiger partial charge in [0.2, 0.25) is 0 Å². The van der Waals surface area contributed by atoms with E-state index >= 15 is 0 Å². The third-order valence-electron chi connectivity index (χ3n) is 11.2. The SMILES string of the molecule is CCCCCCCCCCC/C=C/C/C=C/CCCC(=O)OC[C@@H](CO[C@@H]1O[C@H](CO[C@@H]2O[C@H](CO)[C@H](O)C(O)C2O)[C@H](O)C(O)C1O)OC(=O)CCCCCCCCCC. The number of hydrogen-bond acceptors (Lipinski definition) is 15. The van der Waals surface area contributed by atoms with E-state index in [0.29, 0.717) is 19.3 Å². The molecule has 61 heavy (non-hydrogen) atoms. The fourth-order valence-corrected chi connectivity index (χ4v) is 7.25. The largest absolute Gasteiger partial charge is 0.462 e. The number of hydrogen-bond donors (Lipinski definition) is 7. The molecule has 0 aromatic carbocycles. The monoisotopic (exact) mass is 875 g/mol. The van der Waals surface area contributed by atoms with Crippen LogP contribution in [0.1, 0.15) is 162 Å². The van der Waals surface area contributed by atoms with Crippen LogP contribution in [0.25, 0.3) is 0 Å². The maximum Gasteiger partial charge on any atom is 0.306 e. The lowest BCUT2D eigenvalue weighted by Gasteiger charge is -2.42. The van der Waals surface area contributed by atoms with Crippen molar-refractivity contribution in [3.05, 3.63) is 24.3 Å². The molecule has 7 N–H and O–H groups in total. The molecule has 0 aliphatic carbocycles. The molecule has 2 heterocycles. The lowest BCUT2D eigenvalue weighted by atomic mass is 9.98. The topological polar surface area (TPSA) is 231 Å². The van der Waals surface area contributed by atoms with Gasteiger partial charge in [0.05, 0.1) is 19.8 Å². The Morgan fingerprint density at radius 3 is 1.57 bits per heavy atom. The van der Waals surface area contributed by atoms with Gasteiger partial charge in [-0.2, -0.15) is 0 Å². The Balaban J connectivity index is 1.83. The van der Waals surface area contributed by atoms with Crippen LogP contribution in [0.3, 0.4) is 0 Å². The summed E-state index contributed by atoms with van der Waals surface area (Å²) in [5.41, 5.74) is 0. The first kappa shape index (κ1) is 55.1. The van der Waals surface area contributed by atoms with E-state index in [1.54, 1.807) is 0 Å². The summed E-state index contributed by atoms with van der Waals surface area (Å²) in [5.74, 6) is -0.981. The number of rotatable bonds is 35. The molecule has 0 amide bonds. The Bertz CT molecular complexity index is 1170. The molecule has 2 rings (SSSR count). The van der Waals surface area contributed by atoms with Gasteiger partial charge in [-0.15, -0.1) is 0 Å². The second kappa shape index (κ2) is 34.4. The van der Waals surface area contributed by atoms with Crippen molar-refractivity contribution in [3.63, 3.8) is 0 Å². The molecule has 4 unspecified atom stereocenters. The lowest BCUT2D eigenvalue weighted by Crippen LogP contribution is -2.61. The van der Waals surface area contributed by atoms with Crippen molar-refractivity contribution in [2.45, 2.75) is 229 Å². The van der Waals surface area contributed by atoms with E-state index in [0.717, 1.165) is 38.5 Å². The van der Waals surface area contributed by atoms with Crippen molar-refractivity contribution in [1.29, 1.82) is 0 Å². The molecule has 2 fully saturated rings. The Kier molecular flexibility index (Phi) is 31.1. The number of allylic oxidation sites excluding steroid dienone is 4. The molecule has 15 nitrogen and oxygen atoms in total. The van der Waals surface area contributed by atoms with E-state index in [4.69, 9.17) is 28.4 Å². The predicted molar refractivity (Wildman–Crippen MR) is 229 cm³/mol. The van der Waals surface area contributed by atoms with Crippen molar-refractivity contribution >= 4 is 11.9 Å². The van der Waals surface area contributed by atoms with E-state index in [1.807, 2.05) is 6.08 Å². The Morgan fingerprint density at radius 2 is 1.00 bits per heavy atom. The summed E-state index contributed by atoms with van der Waals surface area (Å²) in [5, 5.41) is 71.8. The second-order valence-corrected chi connectivity index (χ2v) is 16.6. The van der Waals surface area contributed by atoms with Crippen molar-refractivity contribution in [2.24, 2.45) is 0 Å². The summed E-state index contributed by atoms with van der Waals surface area (Å²) in [6.45, 7) is 2.49. The third-order valence-corrected chi connectivity index (χ3v) is 11.2. The zero-order valence-electron chi connectivity index (χ0n) is 37.1. The summed E-state index contributed by atoms with van der Waals surface area (Å²) in [6, 6.07) is 0. The molecule has 356 valence electrons. The molecule has 0 aromatic heterocycles. The minimum atomic E-state index is -1.77. The van der Waals surface area contributed by atoms with E-state index in [9.17, 15) is 45.3 Å². The first-order chi connectivity index (χ1) is 29.5. The van der Waals surface area contributed by atoms with Gasteiger partial charge in [0.1, 0.15) is 55.4 Å². The molecule has 0 spiro atoms. The highest BCUT2D eigenvalue weighted by molar-refractivity contribution is 5.70. The quantitative estimate of drug-likeness (QED) is 0.0246. The zero-order chi connectivity index (χ0) is 44.7. The minimum absolute atomic E-state index is 0.156. The van der Waals surface area contributed by atoms with Gasteiger partial charge in [-0.1, -0.05) is 134 Å². The minimum Gasteiger partial charge on any atom is -0.462 e. The maximum absolute atomic E-state index is 12.8. The maximum atomic E-state index is 12.8. The summed E-state index contributed by atoms with van der Waals surface area (Å²) >= 11 is 0. The summed E-state index contributed by atoms with van der Waals surface area (Å²) in [6.07, 6.45) is 15.4. The fourth-order valence-electron chi connectivity index (χ4n) is 7.25. The van der Waals surface area contributed by atoms with Gasteiger partial charge in [-0.05, 0) is 38.5 Å². The van der Waals surface area contributed by atoms with Crippen LogP contribution in [-0.4, -0.2) is 142 Å². The average molecular weight is 875 g/mol. The highest BCUT2D eigenvalue weighted by atomic mass is 16.7. The number of carbonyl (C=O) groups is 2. The zero-order valence-corrected chi connectivity index (χ0v) is 37.1.